The van der Waals surface area contributed by atoms with Gasteiger partial charge in [0.2, 0.25) is 0 Å². The van der Waals surface area contributed by atoms with Crippen molar-refractivity contribution < 1.29 is 0 Å². The van der Waals surface area contributed by atoms with E-state index >= 15 is 0 Å². The second-order valence-electron chi connectivity index (χ2n) is 5.11. The Balaban J connectivity index is 1.67. The van der Waals surface area contributed by atoms with Crippen molar-refractivity contribution in [2.24, 2.45) is 11.8 Å². The molecule has 86 valence electrons. The van der Waals surface area contributed by atoms with E-state index in [0.29, 0.717) is 6.04 Å². The number of hydrogen-bond acceptors (Lipinski definition) is 2. The Morgan fingerprint density at radius 2 is 2.19 bits per heavy atom. The van der Waals surface area contributed by atoms with E-state index in [2.05, 4.69) is 36.5 Å². The summed E-state index contributed by atoms with van der Waals surface area (Å²) in [5.41, 5.74) is 1.52. The van der Waals surface area contributed by atoms with Crippen molar-refractivity contribution in [1.82, 2.24) is 5.32 Å². The minimum absolute atomic E-state index is 0.602. The minimum Gasteiger partial charge on any atom is -0.310 e. The Bertz CT molecular complexity index is 377. The van der Waals surface area contributed by atoms with Crippen LogP contribution in [-0.4, -0.2) is 12.3 Å². The van der Waals surface area contributed by atoms with Crippen LogP contribution in [0.2, 0.25) is 0 Å². The Kier molecular flexibility index (Phi) is 2.95. The third-order valence-corrected chi connectivity index (χ3v) is 4.98. The maximum Gasteiger partial charge on any atom is 0.0339 e. The van der Waals surface area contributed by atoms with Gasteiger partial charge in [0.15, 0.2) is 0 Å². The highest BCUT2D eigenvalue weighted by Crippen LogP contribution is 2.39. The van der Waals surface area contributed by atoms with Crippen LogP contribution in [0.4, 0.5) is 0 Å². The molecule has 1 nitrogen and oxygen atoms in total. The number of hydrogen-bond donors (Lipinski definition) is 1. The van der Waals surface area contributed by atoms with Gasteiger partial charge in [0, 0.05) is 10.9 Å². The van der Waals surface area contributed by atoms with Crippen molar-refractivity contribution in [2.75, 3.05) is 12.3 Å². The van der Waals surface area contributed by atoms with Crippen LogP contribution in [0.1, 0.15) is 31.4 Å². The highest BCUT2D eigenvalue weighted by atomic mass is 32.2. The smallest absolute Gasteiger partial charge is 0.0339 e. The van der Waals surface area contributed by atoms with Crippen molar-refractivity contribution in [1.29, 1.82) is 0 Å². The largest absolute Gasteiger partial charge is 0.310 e. The first-order valence-electron chi connectivity index (χ1n) is 6.29. The van der Waals surface area contributed by atoms with Crippen LogP contribution in [-0.2, 0) is 0 Å². The Labute approximate surface area is 102 Å². The molecule has 0 amide bonds. The van der Waals surface area contributed by atoms with Gasteiger partial charge in [-0.2, -0.15) is 0 Å². The fraction of sp³-hybridized carbons (Fsp3) is 0.571. The van der Waals surface area contributed by atoms with Crippen molar-refractivity contribution in [3.8, 4) is 0 Å². The van der Waals surface area contributed by atoms with Gasteiger partial charge in [-0.25, -0.2) is 0 Å². The molecule has 2 aliphatic rings. The summed E-state index contributed by atoms with van der Waals surface area (Å²) in [5.74, 6) is 3.16. The van der Waals surface area contributed by atoms with Crippen LogP contribution >= 0.6 is 11.8 Å². The van der Waals surface area contributed by atoms with Crippen LogP contribution < -0.4 is 5.32 Å². The van der Waals surface area contributed by atoms with Gasteiger partial charge in [0.1, 0.15) is 0 Å². The molecule has 3 rings (SSSR count). The van der Waals surface area contributed by atoms with Crippen molar-refractivity contribution in [3.05, 3.63) is 29.8 Å². The van der Waals surface area contributed by atoms with E-state index in [-0.39, 0.29) is 0 Å². The SMILES string of the molecule is CC1CC1CNC1CCSc2ccccc21. The predicted molar refractivity (Wildman–Crippen MR) is 69.8 cm³/mol. The third kappa shape index (κ3) is 2.14. The summed E-state index contributed by atoms with van der Waals surface area (Å²) in [5, 5.41) is 3.76. The molecule has 1 saturated carbocycles. The lowest BCUT2D eigenvalue weighted by molar-refractivity contribution is 0.486. The van der Waals surface area contributed by atoms with Crippen LogP contribution in [0.5, 0.6) is 0 Å². The number of rotatable bonds is 3. The van der Waals surface area contributed by atoms with Gasteiger partial charge in [0.05, 0.1) is 0 Å². The average molecular weight is 233 g/mol. The molecule has 0 saturated heterocycles. The Morgan fingerprint density at radius 3 is 3.00 bits per heavy atom. The zero-order valence-corrected chi connectivity index (χ0v) is 10.6. The van der Waals surface area contributed by atoms with E-state index in [4.69, 9.17) is 0 Å². The molecule has 1 aromatic rings. The number of nitrogens with one attached hydrogen (secondary N) is 1. The Hall–Kier alpha value is -0.470. The topological polar surface area (TPSA) is 12.0 Å². The van der Waals surface area contributed by atoms with Gasteiger partial charge >= 0.3 is 0 Å². The Morgan fingerprint density at radius 1 is 1.38 bits per heavy atom. The van der Waals surface area contributed by atoms with E-state index in [1.807, 2.05) is 11.8 Å². The first-order chi connectivity index (χ1) is 7.84. The zero-order valence-electron chi connectivity index (χ0n) is 9.78. The molecule has 1 fully saturated rings. The standard InChI is InChI=1S/C14H19NS/c1-10-8-11(10)9-15-13-6-7-16-14-5-3-2-4-12(13)14/h2-5,10-11,13,15H,6-9H2,1H3. The molecule has 0 aromatic heterocycles. The summed E-state index contributed by atoms with van der Waals surface area (Å²) >= 11 is 2.00. The number of fused-ring (bicyclic) bond motifs is 1. The first kappa shape index (κ1) is 10.7. The van der Waals surface area contributed by atoms with Gasteiger partial charge in [0.25, 0.3) is 0 Å². The summed E-state index contributed by atoms with van der Waals surface area (Å²) in [6, 6.07) is 9.46. The van der Waals surface area contributed by atoms with Crippen LogP contribution in [0.3, 0.4) is 0 Å². The molecule has 0 spiro atoms. The molecule has 3 atom stereocenters. The highest BCUT2D eigenvalue weighted by molar-refractivity contribution is 7.99. The van der Waals surface area contributed by atoms with Crippen molar-refractivity contribution in [3.63, 3.8) is 0 Å². The fourth-order valence-electron chi connectivity index (χ4n) is 2.53. The number of benzene rings is 1. The molecule has 1 aliphatic heterocycles. The average Bonchev–Trinajstić information content (AvgIpc) is 3.03. The molecule has 16 heavy (non-hydrogen) atoms. The van der Waals surface area contributed by atoms with Crippen molar-refractivity contribution >= 4 is 11.8 Å². The van der Waals surface area contributed by atoms with E-state index < -0.39 is 0 Å². The lowest BCUT2D eigenvalue weighted by Gasteiger charge is -2.26. The van der Waals surface area contributed by atoms with E-state index in [0.717, 1.165) is 11.8 Å². The molecule has 1 aromatic carbocycles. The fourth-order valence-corrected chi connectivity index (χ4v) is 3.66. The molecule has 1 heterocycles. The lowest BCUT2D eigenvalue weighted by Crippen LogP contribution is -2.26. The van der Waals surface area contributed by atoms with Gasteiger partial charge in [-0.3, -0.25) is 0 Å². The van der Waals surface area contributed by atoms with Crippen LogP contribution in [0.15, 0.2) is 29.2 Å². The summed E-state index contributed by atoms with van der Waals surface area (Å²) in [6.07, 6.45) is 2.71. The maximum atomic E-state index is 3.76. The highest BCUT2D eigenvalue weighted by Gasteiger charge is 2.33. The van der Waals surface area contributed by atoms with Crippen LogP contribution in [0, 0.1) is 11.8 Å². The molecule has 3 unspecified atom stereocenters. The maximum absolute atomic E-state index is 3.76. The van der Waals surface area contributed by atoms with Gasteiger partial charge in [-0.1, -0.05) is 25.1 Å². The summed E-state index contributed by atoms with van der Waals surface area (Å²) in [6.45, 7) is 3.57. The molecule has 1 N–H and O–H groups in total. The normalized spacial score (nSPS) is 32.2. The molecule has 1 aliphatic carbocycles. The lowest BCUT2D eigenvalue weighted by atomic mass is 10.0. The second-order valence-corrected chi connectivity index (χ2v) is 6.25. The van der Waals surface area contributed by atoms with E-state index in [1.54, 1.807) is 0 Å². The van der Waals surface area contributed by atoms with E-state index in [1.165, 1.54) is 35.6 Å². The van der Waals surface area contributed by atoms with Crippen LogP contribution in [0.25, 0.3) is 0 Å². The minimum atomic E-state index is 0.602. The molecule has 2 heteroatoms. The quantitative estimate of drug-likeness (QED) is 0.858. The first-order valence-corrected chi connectivity index (χ1v) is 7.28. The van der Waals surface area contributed by atoms with Gasteiger partial charge in [-0.15, -0.1) is 11.8 Å². The van der Waals surface area contributed by atoms with Crippen molar-refractivity contribution in [2.45, 2.75) is 30.7 Å². The molecular weight excluding hydrogens is 214 g/mol. The monoisotopic (exact) mass is 233 g/mol. The molecule has 0 radical (unpaired) electrons. The summed E-state index contributed by atoms with van der Waals surface area (Å²) < 4.78 is 0. The van der Waals surface area contributed by atoms with Gasteiger partial charge in [-0.05, 0) is 48.6 Å². The second kappa shape index (κ2) is 4.42. The molecule has 0 bridgehead atoms. The summed E-state index contributed by atoms with van der Waals surface area (Å²) in [7, 11) is 0. The van der Waals surface area contributed by atoms with Gasteiger partial charge < -0.3 is 5.32 Å². The molecular formula is C14H19NS. The van der Waals surface area contributed by atoms with E-state index in [9.17, 15) is 0 Å². The zero-order chi connectivity index (χ0) is 11.0. The third-order valence-electron chi connectivity index (χ3n) is 3.86. The number of thioether (sulfide) groups is 1. The predicted octanol–water partition coefficient (Wildman–Crippen LogP) is 3.47. The summed E-state index contributed by atoms with van der Waals surface area (Å²) in [4.78, 5) is 1.48.